The molecule has 6 heteroatoms. The standard InChI is InChI=1S/C15H14ClN5/c1-11(14-7-15(21(2)16)20-10-19-14)18-9-13-5-3-12(8-17)4-6-13/h3-7,10,18H,1,9H2,2H3. The van der Waals surface area contributed by atoms with Crippen molar-refractivity contribution < 1.29 is 0 Å². The maximum atomic E-state index is 8.76. The molecule has 0 unspecified atom stereocenters. The lowest BCUT2D eigenvalue weighted by molar-refractivity contribution is 0.882. The van der Waals surface area contributed by atoms with Gasteiger partial charge in [0.05, 0.1) is 23.0 Å². The monoisotopic (exact) mass is 299 g/mol. The van der Waals surface area contributed by atoms with Gasteiger partial charge in [0.15, 0.2) is 0 Å². The minimum absolute atomic E-state index is 0.598. The highest BCUT2D eigenvalue weighted by Crippen LogP contribution is 2.15. The fourth-order valence-electron chi connectivity index (χ4n) is 1.68. The lowest BCUT2D eigenvalue weighted by Gasteiger charge is -2.12. The van der Waals surface area contributed by atoms with Crippen LogP contribution >= 0.6 is 11.8 Å². The lowest BCUT2D eigenvalue weighted by Crippen LogP contribution is -2.13. The molecule has 0 spiro atoms. The topological polar surface area (TPSA) is 64.8 Å². The van der Waals surface area contributed by atoms with Crippen molar-refractivity contribution in [3.63, 3.8) is 0 Å². The maximum Gasteiger partial charge on any atom is 0.146 e. The first-order valence-electron chi connectivity index (χ1n) is 6.24. The number of nitriles is 1. The third-order valence-corrected chi connectivity index (χ3v) is 3.04. The Hall–Kier alpha value is -2.58. The number of aromatic nitrogens is 2. The second-order valence-corrected chi connectivity index (χ2v) is 4.89. The summed E-state index contributed by atoms with van der Waals surface area (Å²) in [6.45, 7) is 4.56. The molecule has 21 heavy (non-hydrogen) atoms. The van der Waals surface area contributed by atoms with Gasteiger partial charge in [0.2, 0.25) is 0 Å². The van der Waals surface area contributed by atoms with Crippen LogP contribution in [0.4, 0.5) is 5.82 Å². The molecule has 1 heterocycles. The molecule has 0 fully saturated rings. The van der Waals surface area contributed by atoms with E-state index in [2.05, 4.69) is 27.9 Å². The van der Waals surface area contributed by atoms with Crippen LogP contribution in [0.1, 0.15) is 16.8 Å². The van der Waals surface area contributed by atoms with Gasteiger partial charge in [-0.2, -0.15) is 5.26 Å². The molecule has 0 bridgehead atoms. The van der Waals surface area contributed by atoms with E-state index in [1.807, 2.05) is 12.1 Å². The molecule has 0 saturated heterocycles. The number of benzene rings is 1. The number of anilines is 1. The van der Waals surface area contributed by atoms with E-state index in [9.17, 15) is 0 Å². The van der Waals surface area contributed by atoms with Crippen LogP contribution in [0.25, 0.3) is 5.70 Å². The van der Waals surface area contributed by atoms with E-state index in [1.54, 1.807) is 25.2 Å². The Bertz CT molecular complexity index is 673. The Morgan fingerprint density at radius 3 is 2.71 bits per heavy atom. The van der Waals surface area contributed by atoms with E-state index in [4.69, 9.17) is 17.0 Å². The van der Waals surface area contributed by atoms with Crippen LogP contribution in [-0.2, 0) is 6.54 Å². The van der Waals surface area contributed by atoms with Gasteiger partial charge in [-0.1, -0.05) is 18.7 Å². The van der Waals surface area contributed by atoms with E-state index < -0.39 is 0 Å². The third-order valence-electron chi connectivity index (χ3n) is 2.87. The van der Waals surface area contributed by atoms with Crippen molar-refractivity contribution in [2.75, 3.05) is 11.5 Å². The fourth-order valence-corrected chi connectivity index (χ4v) is 1.77. The van der Waals surface area contributed by atoms with Gasteiger partial charge in [0, 0.05) is 31.4 Å². The Balaban J connectivity index is 2.01. The van der Waals surface area contributed by atoms with Crippen molar-refractivity contribution in [1.29, 1.82) is 5.26 Å². The number of rotatable bonds is 5. The van der Waals surface area contributed by atoms with Crippen LogP contribution in [0, 0.1) is 11.3 Å². The largest absolute Gasteiger partial charge is 0.380 e. The Kier molecular flexibility index (Phi) is 4.75. The highest BCUT2D eigenvalue weighted by Gasteiger charge is 2.05. The minimum Gasteiger partial charge on any atom is -0.380 e. The summed E-state index contributed by atoms with van der Waals surface area (Å²) in [7, 11) is 1.70. The summed E-state index contributed by atoms with van der Waals surface area (Å²) in [5, 5.41) is 11.9. The molecule has 106 valence electrons. The van der Waals surface area contributed by atoms with Crippen molar-refractivity contribution >= 4 is 23.3 Å². The summed E-state index contributed by atoms with van der Waals surface area (Å²) in [6.07, 6.45) is 1.44. The minimum atomic E-state index is 0.598. The van der Waals surface area contributed by atoms with Crippen LogP contribution in [0.5, 0.6) is 0 Å². The van der Waals surface area contributed by atoms with Gasteiger partial charge < -0.3 is 5.32 Å². The Morgan fingerprint density at radius 1 is 1.38 bits per heavy atom. The van der Waals surface area contributed by atoms with Crippen LogP contribution in [-0.4, -0.2) is 17.0 Å². The van der Waals surface area contributed by atoms with Gasteiger partial charge in [-0.15, -0.1) is 0 Å². The molecule has 2 rings (SSSR count). The Labute approximate surface area is 128 Å². The first-order chi connectivity index (χ1) is 10.1. The highest BCUT2D eigenvalue weighted by molar-refractivity contribution is 6.24. The average molecular weight is 300 g/mol. The number of hydrogen-bond acceptors (Lipinski definition) is 5. The van der Waals surface area contributed by atoms with E-state index in [1.165, 1.54) is 10.7 Å². The second kappa shape index (κ2) is 6.73. The quantitative estimate of drug-likeness (QED) is 0.860. The molecule has 2 aromatic rings. The van der Waals surface area contributed by atoms with Gasteiger partial charge in [0.25, 0.3) is 0 Å². The lowest BCUT2D eigenvalue weighted by atomic mass is 10.1. The van der Waals surface area contributed by atoms with E-state index in [0.717, 1.165) is 5.56 Å². The summed E-state index contributed by atoms with van der Waals surface area (Å²) >= 11 is 5.85. The van der Waals surface area contributed by atoms with Gasteiger partial charge >= 0.3 is 0 Å². The summed E-state index contributed by atoms with van der Waals surface area (Å²) in [6, 6.07) is 11.2. The molecule has 5 nitrogen and oxygen atoms in total. The number of halogens is 1. The molecule has 0 aliphatic heterocycles. The van der Waals surface area contributed by atoms with E-state index in [0.29, 0.717) is 29.3 Å². The van der Waals surface area contributed by atoms with Crippen LogP contribution in [0.15, 0.2) is 43.2 Å². The third kappa shape index (κ3) is 3.94. The molecular weight excluding hydrogens is 286 g/mol. The van der Waals surface area contributed by atoms with Crippen LogP contribution < -0.4 is 9.74 Å². The fraction of sp³-hybridized carbons (Fsp3) is 0.133. The van der Waals surface area contributed by atoms with Crippen molar-refractivity contribution in [2.45, 2.75) is 6.54 Å². The smallest absolute Gasteiger partial charge is 0.146 e. The summed E-state index contributed by atoms with van der Waals surface area (Å²) in [5.74, 6) is 0.600. The summed E-state index contributed by atoms with van der Waals surface area (Å²) in [4.78, 5) is 8.20. The first-order valence-corrected chi connectivity index (χ1v) is 6.57. The molecular formula is C15H14ClN5. The molecule has 0 atom stereocenters. The van der Waals surface area contributed by atoms with Crippen molar-refractivity contribution in [2.24, 2.45) is 0 Å². The highest BCUT2D eigenvalue weighted by atomic mass is 35.5. The van der Waals surface area contributed by atoms with Gasteiger partial charge in [-0.3, -0.25) is 4.42 Å². The predicted molar refractivity (Wildman–Crippen MR) is 83.3 cm³/mol. The van der Waals surface area contributed by atoms with Gasteiger partial charge in [0.1, 0.15) is 12.1 Å². The number of nitrogens with zero attached hydrogens (tertiary/aromatic N) is 4. The summed E-state index contributed by atoms with van der Waals surface area (Å²) < 4.78 is 1.39. The molecule has 0 saturated carbocycles. The van der Waals surface area contributed by atoms with Crippen LogP contribution in [0.3, 0.4) is 0 Å². The molecule has 0 aliphatic rings. The molecule has 1 aromatic carbocycles. The first kappa shape index (κ1) is 14.8. The normalized spacial score (nSPS) is 9.76. The summed E-state index contributed by atoms with van der Waals surface area (Å²) in [5.41, 5.74) is 3.06. The zero-order valence-corrected chi connectivity index (χ0v) is 12.3. The molecule has 0 amide bonds. The van der Waals surface area contributed by atoms with Crippen molar-refractivity contribution in [1.82, 2.24) is 15.3 Å². The van der Waals surface area contributed by atoms with Crippen molar-refractivity contribution in [3.8, 4) is 6.07 Å². The number of hydrogen-bond donors (Lipinski definition) is 1. The van der Waals surface area contributed by atoms with Gasteiger partial charge in [-0.05, 0) is 17.7 Å². The van der Waals surface area contributed by atoms with Crippen LogP contribution in [0.2, 0.25) is 0 Å². The van der Waals surface area contributed by atoms with E-state index >= 15 is 0 Å². The maximum absolute atomic E-state index is 8.76. The molecule has 1 N–H and O–H groups in total. The Morgan fingerprint density at radius 2 is 2.10 bits per heavy atom. The zero-order chi connectivity index (χ0) is 15.2. The van der Waals surface area contributed by atoms with Gasteiger partial charge in [-0.25, -0.2) is 9.97 Å². The number of nitrogens with one attached hydrogen (secondary N) is 1. The second-order valence-electron chi connectivity index (χ2n) is 4.38. The average Bonchev–Trinajstić information content (AvgIpc) is 2.53. The molecule has 1 aromatic heterocycles. The SMILES string of the molecule is C=C(NCc1ccc(C#N)cc1)c1cc(N(C)Cl)ncn1. The van der Waals surface area contributed by atoms with Crippen molar-refractivity contribution in [3.05, 3.63) is 60.1 Å². The zero-order valence-electron chi connectivity index (χ0n) is 11.5. The molecule has 0 aliphatic carbocycles. The molecule has 0 radical (unpaired) electrons. The van der Waals surface area contributed by atoms with E-state index in [-0.39, 0.29) is 0 Å². The predicted octanol–water partition coefficient (Wildman–Crippen LogP) is 2.70.